The van der Waals surface area contributed by atoms with Gasteiger partial charge in [0.15, 0.2) is 11.4 Å². The molecular weight excluding hydrogens is 189 g/mol. The minimum absolute atomic E-state index is 0.188. The number of ether oxygens (including phenoxy) is 1. The lowest BCUT2D eigenvalue weighted by molar-refractivity contribution is 0.0520. The lowest BCUT2D eigenvalue weighted by atomic mass is 10.4. The first kappa shape index (κ1) is 8.80. The van der Waals surface area contributed by atoms with Crippen molar-refractivity contribution in [2.45, 2.75) is 6.92 Å². The SMILES string of the molecule is CCOC(=O)c1cc2occ(F)c2[nH]1. The van der Waals surface area contributed by atoms with Gasteiger partial charge in [-0.15, -0.1) is 0 Å². The standard InChI is InChI=1S/C9H8FNO3/c1-2-13-9(12)6-3-7-8(11-6)5(10)4-14-7/h3-4,11H,2H2,1H3. The van der Waals surface area contributed by atoms with Gasteiger partial charge in [-0.05, 0) is 6.92 Å². The van der Waals surface area contributed by atoms with E-state index >= 15 is 0 Å². The quantitative estimate of drug-likeness (QED) is 0.750. The van der Waals surface area contributed by atoms with E-state index in [1.807, 2.05) is 0 Å². The Morgan fingerprint density at radius 1 is 1.71 bits per heavy atom. The number of carbonyl (C=O) groups is 1. The van der Waals surface area contributed by atoms with Gasteiger partial charge in [-0.2, -0.15) is 0 Å². The fourth-order valence-corrected chi connectivity index (χ4v) is 1.20. The third-order valence-corrected chi connectivity index (χ3v) is 1.81. The van der Waals surface area contributed by atoms with E-state index in [4.69, 9.17) is 9.15 Å². The van der Waals surface area contributed by atoms with Crippen molar-refractivity contribution in [1.29, 1.82) is 0 Å². The number of carbonyl (C=O) groups excluding carboxylic acids is 1. The van der Waals surface area contributed by atoms with E-state index in [9.17, 15) is 9.18 Å². The van der Waals surface area contributed by atoms with Gasteiger partial charge in [-0.1, -0.05) is 0 Å². The summed E-state index contributed by atoms with van der Waals surface area (Å²) < 4.78 is 22.5. The van der Waals surface area contributed by atoms with Crippen molar-refractivity contribution in [3.05, 3.63) is 23.8 Å². The number of fused-ring (bicyclic) bond motifs is 1. The Labute approximate surface area is 78.7 Å². The first-order chi connectivity index (χ1) is 6.72. The fourth-order valence-electron chi connectivity index (χ4n) is 1.20. The van der Waals surface area contributed by atoms with Crippen LogP contribution in [-0.2, 0) is 4.74 Å². The molecular formula is C9H8FNO3. The second-order valence-electron chi connectivity index (χ2n) is 2.73. The van der Waals surface area contributed by atoms with Crippen molar-refractivity contribution in [3.63, 3.8) is 0 Å². The average Bonchev–Trinajstić information content (AvgIpc) is 2.69. The third kappa shape index (κ3) is 1.26. The van der Waals surface area contributed by atoms with Gasteiger partial charge in [-0.3, -0.25) is 0 Å². The highest BCUT2D eigenvalue weighted by Crippen LogP contribution is 2.20. The number of furan rings is 1. The second kappa shape index (κ2) is 3.17. The van der Waals surface area contributed by atoms with Crippen molar-refractivity contribution in [3.8, 4) is 0 Å². The number of rotatable bonds is 2. The molecule has 1 N–H and O–H groups in total. The van der Waals surface area contributed by atoms with Gasteiger partial charge in [0.05, 0.1) is 6.61 Å². The zero-order valence-electron chi connectivity index (χ0n) is 7.46. The molecule has 0 aliphatic heterocycles. The van der Waals surface area contributed by atoms with Gasteiger partial charge in [0.1, 0.15) is 17.5 Å². The number of H-pyrrole nitrogens is 1. The Balaban J connectivity index is 2.40. The highest BCUT2D eigenvalue weighted by molar-refractivity contribution is 5.93. The number of aromatic nitrogens is 1. The number of halogens is 1. The first-order valence-corrected chi connectivity index (χ1v) is 4.15. The molecule has 2 heterocycles. The molecule has 2 rings (SSSR count). The molecule has 0 saturated heterocycles. The summed E-state index contributed by atoms with van der Waals surface area (Å²) in [5, 5.41) is 0. The van der Waals surface area contributed by atoms with Crippen LogP contribution in [0.3, 0.4) is 0 Å². The van der Waals surface area contributed by atoms with Crippen molar-refractivity contribution >= 4 is 17.1 Å². The summed E-state index contributed by atoms with van der Waals surface area (Å²) in [6.45, 7) is 1.98. The zero-order chi connectivity index (χ0) is 10.1. The van der Waals surface area contributed by atoms with Crippen LogP contribution >= 0.6 is 0 Å². The number of nitrogens with one attached hydrogen (secondary N) is 1. The maximum atomic E-state index is 12.9. The predicted molar refractivity (Wildman–Crippen MR) is 46.5 cm³/mol. The molecule has 5 heteroatoms. The molecule has 74 valence electrons. The summed E-state index contributed by atoms with van der Waals surface area (Å²) in [6.07, 6.45) is 0.982. The van der Waals surface area contributed by atoms with Gasteiger partial charge in [0, 0.05) is 6.07 Å². The molecule has 0 bridgehead atoms. The third-order valence-electron chi connectivity index (χ3n) is 1.81. The van der Waals surface area contributed by atoms with Crippen LogP contribution in [0.15, 0.2) is 16.7 Å². The van der Waals surface area contributed by atoms with Gasteiger partial charge >= 0.3 is 5.97 Å². The Kier molecular flexibility index (Phi) is 1.99. The molecule has 4 nitrogen and oxygen atoms in total. The van der Waals surface area contributed by atoms with E-state index in [0.717, 1.165) is 6.26 Å². The van der Waals surface area contributed by atoms with Gasteiger partial charge in [0.25, 0.3) is 0 Å². The Morgan fingerprint density at radius 2 is 2.50 bits per heavy atom. The first-order valence-electron chi connectivity index (χ1n) is 4.15. The van der Waals surface area contributed by atoms with Crippen LogP contribution in [0, 0.1) is 5.82 Å². The van der Waals surface area contributed by atoms with E-state index < -0.39 is 11.8 Å². The average molecular weight is 197 g/mol. The minimum Gasteiger partial charge on any atom is -0.461 e. The monoisotopic (exact) mass is 197 g/mol. The Bertz CT molecular complexity index is 471. The van der Waals surface area contributed by atoms with Crippen LogP contribution < -0.4 is 0 Å². The number of hydrogen-bond donors (Lipinski definition) is 1. The van der Waals surface area contributed by atoms with Crippen LogP contribution in [0.2, 0.25) is 0 Å². The van der Waals surface area contributed by atoms with Crippen molar-refractivity contribution in [1.82, 2.24) is 4.98 Å². The van der Waals surface area contributed by atoms with Crippen LogP contribution in [0.1, 0.15) is 17.4 Å². The summed E-state index contributed by atoms with van der Waals surface area (Å²) in [7, 11) is 0. The Hall–Kier alpha value is -1.78. The summed E-state index contributed by atoms with van der Waals surface area (Å²) in [4.78, 5) is 13.8. The Morgan fingerprint density at radius 3 is 3.14 bits per heavy atom. The van der Waals surface area contributed by atoms with Gasteiger partial charge < -0.3 is 14.1 Å². The number of aromatic amines is 1. The van der Waals surface area contributed by atoms with E-state index in [1.165, 1.54) is 6.07 Å². The molecule has 0 aliphatic rings. The van der Waals surface area contributed by atoms with Crippen LogP contribution in [0.4, 0.5) is 4.39 Å². The maximum Gasteiger partial charge on any atom is 0.354 e. The number of esters is 1. The lowest BCUT2D eigenvalue weighted by Gasteiger charge is -1.96. The molecule has 0 amide bonds. The molecule has 0 radical (unpaired) electrons. The summed E-state index contributed by atoms with van der Waals surface area (Å²) in [5.41, 5.74) is 0.693. The van der Waals surface area contributed by atoms with Crippen molar-refractivity contribution in [2.75, 3.05) is 6.61 Å². The molecule has 0 spiro atoms. The predicted octanol–water partition coefficient (Wildman–Crippen LogP) is 2.08. The minimum atomic E-state index is -0.518. The molecule has 0 aromatic carbocycles. The van der Waals surface area contributed by atoms with Gasteiger partial charge in [-0.25, -0.2) is 9.18 Å². The molecule has 0 unspecified atom stereocenters. The summed E-state index contributed by atoms with van der Waals surface area (Å²) >= 11 is 0. The largest absolute Gasteiger partial charge is 0.461 e. The van der Waals surface area contributed by atoms with Gasteiger partial charge in [0.2, 0.25) is 0 Å². The molecule has 0 saturated carbocycles. The highest BCUT2D eigenvalue weighted by Gasteiger charge is 2.14. The van der Waals surface area contributed by atoms with Crippen LogP contribution in [-0.4, -0.2) is 17.6 Å². The van der Waals surface area contributed by atoms with E-state index in [-0.39, 0.29) is 17.8 Å². The molecule has 2 aromatic heterocycles. The van der Waals surface area contributed by atoms with E-state index in [2.05, 4.69) is 4.98 Å². The fraction of sp³-hybridized carbons (Fsp3) is 0.222. The van der Waals surface area contributed by atoms with Crippen LogP contribution in [0.25, 0.3) is 11.1 Å². The van der Waals surface area contributed by atoms with Crippen LogP contribution in [0.5, 0.6) is 0 Å². The molecule has 0 atom stereocenters. The maximum absolute atomic E-state index is 12.9. The van der Waals surface area contributed by atoms with Crippen molar-refractivity contribution in [2.24, 2.45) is 0 Å². The molecule has 0 fully saturated rings. The molecule has 0 aliphatic carbocycles. The summed E-state index contributed by atoms with van der Waals surface area (Å²) in [5.74, 6) is -1.03. The summed E-state index contributed by atoms with van der Waals surface area (Å²) in [6, 6.07) is 1.41. The second-order valence-corrected chi connectivity index (χ2v) is 2.73. The van der Waals surface area contributed by atoms with E-state index in [0.29, 0.717) is 5.58 Å². The van der Waals surface area contributed by atoms with E-state index in [1.54, 1.807) is 6.92 Å². The topological polar surface area (TPSA) is 55.2 Å². The zero-order valence-corrected chi connectivity index (χ0v) is 7.46. The smallest absolute Gasteiger partial charge is 0.354 e. The van der Waals surface area contributed by atoms with Crippen molar-refractivity contribution < 1.29 is 18.3 Å². The lowest BCUT2D eigenvalue weighted by Crippen LogP contribution is -2.04. The normalized spacial score (nSPS) is 10.7. The number of hydrogen-bond acceptors (Lipinski definition) is 3. The molecule has 14 heavy (non-hydrogen) atoms. The molecule has 2 aromatic rings. The highest BCUT2D eigenvalue weighted by atomic mass is 19.1.